The first-order chi connectivity index (χ1) is 9.29. The van der Waals surface area contributed by atoms with Crippen molar-refractivity contribution in [1.29, 1.82) is 0 Å². The number of aryl methyl sites for hydroxylation is 3. The van der Waals surface area contributed by atoms with Gasteiger partial charge >= 0.3 is 0 Å². The van der Waals surface area contributed by atoms with Gasteiger partial charge in [0.2, 0.25) is 15.9 Å². The maximum Gasteiger partial charge on any atom is 0.242 e. The van der Waals surface area contributed by atoms with E-state index in [9.17, 15) is 8.42 Å². The molecule has 0 saturated heterocycles. The topological polar surface area (TPSA) is 72.2 Å². The van der Waals surface area contributed by atoms with Gasteiger partial charge in [-0.3, -0.25) is 0 Å². The summed E-state index contributed by atoms with van der Waals surface area (Å²) in [7, 11) is -3.61. The second-order valence-electron chi connectivity index (χ2n) is 4.51. The van der Waals surface area contributed by atoms with Crippen molar-refractivity contribution in [3.05, 3.63) is 45.6 Å². The van der Waals surface area contributed by atoms with E-state index in [2.05, 4.69) is 25.6 Å². The number of hydrogen-bond acceptors (Lipinski definition) is 4. The van der Waals surface area contributed by atoms with Gasteiger partial charge in [0, 0.05) is 4.47 Å². The van der Waals surface area contributed by atoms with Gasteiger partial charge in [-0.05, 0) is 54.4 Å². The Balaban J connectivity index is 2.19. The van der Waals surface area contributed by atoms with Crippen LogP contribution in [0.1, 0.15) is 22.9 Å². The molecule has 0 aliphatic rings. The van der Waals surface area contributed by atoms with Crippen molar-refractivity contribution in [2.75, 3.05) is 0 Å². The van der Waals surface area contributed by atoms with Crippen LogP contribution in [0, 0.1) is 20.8 Å². The number of benzene rings is 1. The molecule has 0 amide bonds. The van der Waals surface area contributed by atoms with Crippen LogP contribution in [0.3, 0.4) is 0 Å². The SMILES string of the molecule is Cc1ccc(S(=O)(=O)NCc2nc(C)c(C)o2)c(Br)c1. The minimum absolute atomic E-state index is 0.0251. The third kappa shape index (κ3) is 3.28. The molecule has 7 heteroatoms. The van der Waals surface area contributed by atoms with Gasteiger partial charge in [0.05, 0.1) is 17.1 Å². The minimum Gasteiger partial charge on any atom is -0.444 e. The molecule has 0 aliphatic carbocycles. The standard InChI is InChI=1S/C13H15BrN2O3S/c1-8-4-5-12(11(14)6-8)20(17,18)15-7-13-16-9(2)10(3)19-13/h4-6,15H,7H2,1-3H3. The molecule has 2 rings (SSSR count). The van der Waals surface area contributed by atoms with E-state index in [1.165, 1.54) is 0 Å². The largest absolute Gasteiger partial charge is 0.444 e. The van der Waals surface area contributed by atoms with Gasteiger partial charge in [0.15, 0.2) is 0 Å². The number of oxazole rings is 1. The van der Waals surface area contributed by atoms with Gasteiger partial charge in [0.25, 0.3) is 0 Å². The van der Waals surface area contributed by atoms with Crippen molar-refractivity contribution in [3.8, 4) is 0 Å². The molecular weight excluding hydrogens is 344 g/mol. The van der Waals surface area contributed by atoms with Crippen molar-refractivity contribution in [1.82, 2.24) is 9.71 Å². The zero-order chi connectivity index (χ0) is 14.9. The fourth-order valence-electron chi connectivity index (χ4n) is 1.67. The summed E-state index contributed by atoms with van der Waals surface area (Å²) in [6, 6.07) is 5.07. The van der Waals surface area contributed by atoms with Crippen LogP contribution in [0.4, 0.5) is 0 Å². The summed E-state index contributed by atoms with van der Waals surface area (Å²) in [6.07, 6.45) is 0. The quantitative estimate of drug-likeness (QED) is 0.911. The van der Waals surface area contributed by atoms with Crippen LogP contribution >= 0.6 is 15.9 Å². The maximum absolute atomic E-state index is 12.2. The molecule has 1 N–H and O–H groups in total. The lowest BCUT2D eigenvalue weighted by Crippen LogP contribution is -2.23. The highest BCUT2D eigenvalue weighted by Gasteiger charge is 2.18. The molecule has 0 fully saturated rings. The van der Waals surface area contributed by atoms with Crippen LogP contribution in [0.5, 0.6) is 0 Å². The number of nitrogens with zero attached hydrogens (tertiary/aromatic N) is 1. The van der Waals surface area contributed by atoms with Gasteiger partial charge < -0.3 is 4.42 Å². The fraction of sp³-hybridized carbons (Fsp3) is 0.308. The van der Waals surface area contributed by atoms with Crippen LogP contribution in [-0.4, -0.2) is 13.4 Å². The van der Waals surface area contributed by atoms with Gasteiger partial charge in [0.1, 0.15) is 5.76 Å². The van der Waals surface area contributed by atoms with E-state index in [-0.39, 0.29) is 11.4 Å². The van der Waals surface area contributed by atoms with Gasteiger partial charge in [-0.25, -0.2) is 18.1 Å². The molecule has 0 atom stereocenters. The summed E-state index contributed by atoms with van der Waals surface area (Å²) < 4.78 is 32.8. The maximum atomic E-state index is 12.2. The van der Waals surface area contributed by atoms with Crippen LogP contribution in [0.2, 0.25) is 0 Å². The van der Waals surface area contributed by atoms with E-state index < -0.39 is 10.0 Å². The van der Waals surface area contributed by atoms with Crippen molar-refractivity contribution < 1.29 is 12.8 Å². The lowest BCUT2D eigenvalue weighted by molar-refractivity contribution is 0.463. The van der Waals surface area contributed by atoms with Crippen LogP contribution in [0.15, 0.2) is 32.0 Å². The molecule has 1 heterocycles. The highest BCUT2D eigenvalue weighted by atomic mass is 79.9. The second-order valence-corrected chi connectivity index (χ2v) is 7.10. The molecule has 0 saturated carbocycles. The third-order valence-electron chi connectivity index (χ3n) is 2.86. The summed E-state index contributed by atoms with van der Waals surface area (Å²) in [6.45, 7) is 5.52. The Bertz CT molecular complexity index is 719. The fourth-order valence-corrected chi connectivity index (χ4v) is 3.84. The van der Waals surface area contributed by atoms with Gasteiger partial charge in [-0.2, -0.15) is 0 Å². The van der Waals surface area contributed by atoms with Crippen molar-refractivity contribution in [2.24, 2.45) is 0 Å². The number of aromatic nitrogens is 1. The monoisotopic (exact) mass is 358 g/mol. The first-order valence-electron chi connectivity index (χ1n) is 5.98. The molecule has 20 heavy (non-hydrogen) atoms. The molecule has 0 unspecified atom stereocenters. The molecule has 2 aromatic rings. The predicted molar refractivity (Wildman–Crippen MR) is 78.9 cm³/mol. The van der Waals surface area contributed by atoms with Crippen molar-refractivity contribution in [3.63, 3.8) is 0 Å². The Morgan fingerprint density at radius 3 is 2.55 bits per heavy atom. The first kappa shape index (κ1) is 15.2. The molecule has 1 aromatic heterocycles. The smallest absolute Gasteiger partial charge is 0.242 e. The Kier molecular flexibility index (Phi) is 4.31. The zero-order valence-corrected chi connectivity index (χ0v) is 13.8. The lowest BCUT2D eigenvalue weighted by atomic mass is 10.2. The van der Waals surface area contributed by atoms with E-state index in [0.29, 0.717) is 16.1 Å². The summed E-state index contributed by atoms with van der Waals surface area (Å²) in [4.78, 5) is 4.34. The molecule has 0 spiro atoms. The molecule has 0 bridgehead atoms. The summed E-state index contributed by atoms with van der Waals surface area (Å²) in [5.74, 6) is 1.04. The van der Waals surface area contributed by atoms with E-state index in [1.807, 2.05) is 13.8 Å². The normalized spacial score (nSPS) is 11.8. The Morgan fingerprint density at radius 2 is 2.00 bits per heavy atom. The van der Waals surface area contributed by atoms with Crippen molar-refractivity contribution >= 4 is 26.0 Å². The Morgan fingerprint density at radius 1 is 1.30 bits per heavy atom. The molecule has 0 aliphatic heterocycles. The lowest BCUT2D eigenvalue weighted by Gasteiger charge is -2.07. The summed E-state index contributed by atoms with van der Waals surface area (Å²) in [5, 5.41) is 0. The van der Waals surface area contributed by atoms with Gasteiger partial charge in [-0.1, -0.05) is 6.07 Å². The number of hydrogen-bond donors (Lipinski definition) is 1. The second kappa shape index (κ2) is 5.67. The molecular formula is C13H15BrN2O3S. The average Bonchev–Trinajstić information content (AvgIpc) is 2.66. The molecule has 5 nitrogen and oxygen atoms in total. The predicted octanol–water partition coefficient (Wildman–Crippen LogP) is 2.84. The molecule has 1 aromatic carbocycles. The first-order valence-corrected chi connectivity index (χ1v) is 8.26. The van der Waals surface area contributed by atoms with Crippen LogP contribution < -0.4 is 4.72 Å². The third-order valence-corrected chi connectivity index (χ3v) is 5.24. The summed E-state index contributed by atoms with van der Waals surface area (Å²) >= 11 is 3.27. The average molecular weight is 359 g/mol. The Hall–Kier alpha value is -1.18. The number of nitrogens with one attached hydrogen (secondary N) is 1. The molecule has 0 radical (unpaired) electrons. The van der Waals surface area contributed by atoms with E-state index in [0.717, 1.165) is 11.3 Å². The highest BCUT2D eigenvalue weighted by Crippen LogP contribution is 2.23. The molecule has 108 valence electrons. The number of halogens is 1. The minimum atomic E-state index is -3.61. The van der Waals surface area contributed by atoms with Crippen molar-refractivity contribution in [2.45, 2.75) is 32.2 Å². The number of rotatable bonds is 4. The highest BCUT2D eigenvalue weighted by molar-refractivity contribution is 9.10. The van der Waals surface area contributed by atoms with E-state index in [1.54, 1.807) is 25.1 Å². The van der Waals surface area contributed by atoms with E-state index in [4.69, 9.17) is 4.42 Å². The zero-order valence-electron chi connectivity index (χ0n) is 11.4. The van der Waals surface area contributed by atoms with E-state index >= 15 is 0 Å². The Labute approximate surface area is 126 Å². The summed E-state index contributed by atoms with van der Waals surface area (Å²) in [5.41, 5.74) is 1.74. The van der Waals surface area contributed by atoms with Gasteiger partial charge in [-0.15, -0.1) is 0 Å². The van der Waals surface area contributed by atoms with Crippen LogP contribution in [-0.2, 0) is 16.6 Å². The number of sulfonamides is 1. The van der Waals surface area contributed by atoms with Crippen LogP contribution in [0.25, 0.3) is 0 Å².